The van der Waals surface area contributed by atoms with Crippen LogP contribution in [-0.2, 0) is 4.79 Å². The number of rotatable bonds is 7. The molecule has 0 bridgehead atoms. The van der Waals surface area contributed by atoms with E-state index in [1.165, 1.54) is 12.8 Å². The third-order valence-electron chi connectivity index (χ3n) is 3.32. The molecule has 0 aromatic heterocycles. The Kier molecular flexibility index (Phi) is 5.22. The van der Waals surface area contributed by atoms with Crippen LogP contribution in [0.1, 0.15) is 33.1 Å². The zero-order chi connectivity index (χ0) is 12.1. The molecule has 1 atom stereocenters. The van der Waals surface area contributed by atoms with Gasteiger partial charge in [0.15, 0.2) is 0 Å². The molecule has 1 unspecified atom stereocenters. The average Bonchev–Trinajstić information content (AvgIpc) is 3.00. The van der Waals surface area contributed by atoms with E-state index in [9.17, 15) is 4.79 Å². The number of likely N-dealkylation sites (N-methyl/N-ethyl adjacent to an activating group) is 1. The van der Waals surface area contributed by atoms with Gasteiger partial charge < -0.3 is 16.0 Å². The summed E-state index contributed by atoms with van der Waals surface area (Å²) in [6.45, 7) is 5.89. The maximum atomic E-state index is 11.5. The quantitative estimate of drug-likeness (QED) is 0.668. The van der Waals surface area contributed by atoms with Crippen LogP contribution in [0, 0.1) is 5.92 Å². The first-order chi connectivity index (χ1) is 7.50. The second kappa shape index (κ2) is 6.21. The lowest BCUT2D eigenvalue weighted by atomic mass is 10.1. The van der Waals surface area contributed by atoms with Crippen LogP contribution in [0.5, 0.6) is 0 Å². The van der Waals surface area contributed by atoms with Gasteiger partial charge in [0.1, 0.15) is 0 Å². The number of nitrogens with zero attached hydrogens (tertiary/aromatic N) is 1. The first-order valence-electron chi connectivity index (χ1n) is 6.23. The molecule has 4 heteroatoms. The highest BCUT2D eigenvalue weighted by Crippen LogP contribution is 2.32. The summed E-state index contributed by atoms with van der Waals surface area (Å²) in [4.78, 5) is 13.7. The number of carbonyl (C=O) groups is 1. The van der Waals surface area contributed by atoms with Crippen molar-refractivity contribution < 1.29 is 4.79 Å². The molecule has 1 amide bonds. The lowest BCUT2D eigenvalue weighted by Gasteiger charge is -2.21. The molecule has 0 saturated heterocycles. The first-order valence-corrected chi connectivity index (χ1v) is 6.23. The second-order valence-electron chi connectivity index (χ2n) is 5.13. The van der Waals surface area contributed by atoms with Gasteiger partial charge in [-0.25, -0.2) is 0 Å². The Morgan fingerprint density at radius 2 is 2.12 bits per heavy atom. The summed E-state index contributed by atoms with van der Waals surface area (Å²) in [5, 5.41) is 2.92. The van der Waals surface area contributed by atoms with Gasteiger partial charge in [0, 0.05) is 31.6 Å². The predicted molar refractivity (Wildman–Crippen MR) is 66.1 cm³/mol. The molecule has 0 aromatic rings. The summed E-state index contributed by atoms with van der Waals surface area (Å²) in [6, 6.07) is 0.591. The third-order valence-corrected chi connectivity index (χ3v) is 3.32. The van der Waals surface area contributed by atoms with E-state index < -0.39 is 0 Å². The molecule has 0 aromatic carbocycles. The molecule has 0 radical (unpaired) electrons. The van der Waals surface area contributed by atoms with Gasteiger partial charge in [0.05, 0.1) is 0 Å². The summed E-state index contributed by atoms with van der Waals surface area (Å²) >= 11 is 0. The molecule has 1 fully saturated rings. The minimum absolute atomic E-state index is 0.0721. The van der Waals surface area contributed by atoms with Crippen LogP contribution < -0.4 is 11.1 Å². The molecule has 1 rings (SSSR count). The van der Waals surface area contributed by atoms with E-state index in [1.807, 2.05) is 0 Å². The van der Waals surface area contributed by atoms with E-state index in [0.717, 1.165) is 6.54 Å². The molecular formula is C12H25N3O. The first kappa shape index (κ1) is 13.5. The topological polar surface area (TPSA) is 58.4 Å². The van der Waals surface area contributed by atoms with Crippen LogP contribution >= 0.6 is 0 Å². The fourth-order valence-corrected chi connectivity index (χ4v) is 1.61. The van der Waals surface area contributed by atoms with Crippen LogP contribution in [0.2, 0.25) is 0 Å². The Hall–Kier alpha value is -0.610. The van der Waals surface area contributed by atoms with Gasteiger partial charge in [-0.15, -0.1) is 0 Å². The normalized spacial score (nSPS) is 17.9. The number of hydrogen-bond acceptors (Lipinski definition) is 3. The SMILES string of the molecule is CC(C)N(C)CCNC(=O)CC(N)C1CC1. The number of nitrogens with one attached hydrogen (secondary N) is 1. The number of hydrogen-bond donors (Lipinski definition) is 2. The number of carbonyl (C=O) groups excluding carboxylic acids is 1. The second-order valence-corrected chi connectivity index (χ2v) is 5.13. The van der Waals surface area contributed by atoms with E-state index in [0.29, 0.717) is 24.9 Å². The predicted octanol–water partition coefficient (Wildman–Crippen LogP) is 0.570. The number of amides is 1. The minimum Gasteiger partial charge on any atom is -0.355 e. The molecule has 1 aliphatic carbocycles. The lowest BCUT2D eigenvalue weighted by molar-refractivity contribution is -0.121. The highest BCUT2D eigenvalue weighted by atomic mass is 16.1. The minimum atomic E-state index is 0.0721. The Bertz CT molecular complexity index is 226. The average molecular weight is 227 g/mol. The van der Waals surface area contributed by atoms with Crippen LogP contribution in [-0.4, -0.2) is 43.0 Å². The smallest absolute Gasteiger partial charge is 0.221 e. The standard InChI is InChI=1S/C12H25N3O/c1-9(2)15(3)7-6-14-12(16)8-11(13)10-4-5-10/h9-11H,4-8,13H2,1-3H3,(H,14,16). The van der Waals surface area contributed by atoms with Crippen molar-refractivity contribution in [2.24, 2.45) is 11.7 Å². The Morgan fingerprint density at radius 3 is 2.62 bits per heavy atom. The maximum Gasteiger partial charge on any atom is 0.221 e. The van der Waals surface area contributed by atoms with Gasteiger partial charge >= 0.3 is 0 Å². The van der Waals surface area contributed by atoms with E-state index in [-0.39, 0.29) is 11.9 Å². The molecule has 4 nitrogen and oxygen atoms in total. The van der Waals surface area contributed by atoms with Gasteiger partial charge in [0.25, 0.3) is 0 Å². The molecule has 0 heterocycles. The van der Waals surface area contributed by atoms with E-state index in [2.05, 4.69) is 31.1 Å². The summed E-state index contributed by atoms with van der Waals surface area (Å²) in [5.41, 5.74) is 5.89. The van der Waals surface area contributed by atoms with Crippen molar-refractivity contribution in [3.05, 3.63) is 0 Å². The highest BCUT2D eigenvalue weighted by molar-refractivity contribution is 5.76. The molecule has 0 spiro atoms. The lowest BCUT2D eigenvalue weighted by Crippen LogP contribution is -2.38. The Balaban J connectivity index is 2.05. The van der Waals surface area contributed by atoms with Crippen molar-refractivity contribution in [1.82, 2.24) is 10.2 Å². The highest BCUT2D eigenvalue weighted by Gasteiger charge is 2.29. The van der Waals surface area contributed by atoms with Crippen molar-refractivity contribution in [3.8, 4) is 0 Å². The fraction of sp³-hybridized carbons (Fsp3) is 0.917. The number of nitrogens with two attached hydrogens (primary N) is 1. The van der Waals surface area contributed by atoms with Crippen molar-refractivity contribution in [2.45, 2.75) is 45.2 Å². The summed E-state index contributed by atoms with van der Waals surface area (Å²) in [5.74, 6) is 0.695. The van der Waals surface area contributed by atoms with Crippen molar-refractivity contribution in [1.29, 1.82) is 0 Å². The van der Waals surface area contributed by atoms with E-state index >= 15 is 0 Å². The molecule has 94 valence electrons. The maximum absolute atomic E-state index is 11.5. The van der Waals surface area contributed by atoms with Gasteiger partial charge in [0.2, 0.25) is 5.91 Å². The largest absolute Gasteiger partial charge is 0.355 e. The molecule has 1 saturated carbocycles. The molecular weight excluding hydrogens is 202 g/mol. The van der Waals surface area contributed by atoms with Gasteiger partial charge in [-0.2, -0.15) is 0 Å². The van der Waals surface area contributed by atoms with Crippen LogP contribution in [0.15, 0.2) is 0 Å². The summed E-state index contributed by atoms with van der Waals surface area (Å²) < 4.78 is 0. The van der Waals surface area contributed by atoms with E-state index in [4.69, 9.17) is 5.73 Å². The molecule has 16 heavy (non-hydrogen) atoms. The Labute approximate surface area is 98.6 Å². The van der Waals surface area contributed by atoms with Crippen molar-refractivity contribution >= 4 is 5.91 Å². The van der Waals surface area contributed by atoms with Gasteiger partial charge in [-0.1, -0.05) is 0 Å². The van der Waals surface area contributed by atoms with Crippen molar-refractivity contribution in [2.75, 3.05) is 20.1 Å². The zero-order valence-electron chi connectivity index (χ0n) is 10.7. The zero-order valence-corrected chi connectivity index (χ0v) is 10.7. The molecule has 0 aliphatic heterocycles. The monoisotopic (exact) mass is 227 g/mol. The third kappa shape index (κ3) is 4.94. The van der Waals surface area contributed by atoms with Gasteiger partial charge in [-0.05, 0) is 39.7 Å². The van der Waals surface area contributed by atoms with Gasteiger partial charge in [-0.3, -0.25) is 4.79 Å². The summed E-state index contributed by atoms with van der Waals surface area (Å²) in [7, 11) is 2.06. The van der Waals surface area contributed by atoms with Crippen LogP contribution in [0.3, 0.4) is 0 Å². The summed E-state index contributed by atoms with van der Waals surface area (Å²) in [6.07, 6.45) is 2.88. The molecule has 3 N–H and O–H groups in total. The fourth-order valence-electron chi connectivity index (χ4n) is 1.61. The Morgan fingerprint density at radius 1 is 1.50 bits per heavy atom. The van der Waals surface area contributed by atoms with Crippen LogP contribution in [0.25, 0.3) is 0 Å². The van der Waals surface area contributed by atoms with Crippen LogP contribution in [0.4, 0.5) is 0 Å². The van der Waals surface area contributed by atoms with Crippen molar-refractivity contribution in [3.63, 3.8) is 0 Å². The van der Waals surface area contributed by atoms with E-state index in [1.54, 1.807) is 0 Å². The molecule has 1 aliphatic rings.